The Hall–Kier alpha value is -0.950. The molecule has 1 aromatic heterocycles. The van der Waals surface area contributed by atoms with E-state index in [4.69, 9.17) is 4.74 Å². The van der Waals surface area contributed by atoms with Crippen LogP contribution in [0.3, 0.4) is 0 Å². The van der Waals surface area contributed by atoms with Gasteiger partial charge in [-0.3, -0.25) is 9.69 Å². The summed E-state index contributed by atoms with van der Waals surface area (Å²) < 4.78 is 5.49. The van der Waals surface area contributed by atoms with Gasteiger partial charge in [0.25, 0.3) is 0 Å². The quantitative estimate of drug-likeness (QED) is 0.842. The van der Waals surface area contributed by atoms with Crippen molar-refractivity contribution in [3.05, 3.63) is 22.4 Å². The number of ether oxygens (including phenoxy) is 1. The molecule has 3 heterocycles. The Morgan fingerprint density at radius 1 is 1.36 bits per heavy atom. The van der Waals surface area contributed by atoms with Crippen LogP contribution in [0.4, 0.5) is 0 Å². The Balaban J connectivity index is 1.35. The van der Waals surface area contributed by atoms with E-state index in [1.807, 2.05) is 0 Å². The predicted octanol–water partition coefficient (Wildman–Crippen LogP) is 2.16. The number of hydrogen-bond acceptors (Lipinski definition) is 5. The summed E-state index contributed by atoms with van der Waals surface area (Å²) in [6, 6.07) is 5.10. The molecule has 2 aliphatic heterocycles. The summed E-state index contributed by atoms with van der Waals surface area (Å²) in [5.41, 5.74) is 0. The number of nitrogens with one attached hydrogen (secondary N) is 2. The Labute approximate surface area is 154 Å². The van der Waals surface area contributed by atoms with Gasteiger partial charge in [0.2, 0.25) is 5.91 Å². The maximum atomic E-state index is 12.7. The standard InChI is InChI=1S/C19H29N3O2S/c23-19(16-12-14-4-1-2-5-15(14)21-16)20-13-17(18-6-3-11-25-18)22-7-9-24-10-8-22/h3,6,11,14-17,21H,1-2,4-5,7-10,12-13H2,(H,20,23). The van der Waals surface area contributed by atoms with E-state index in [0.29, 0.717) is 18.5 Å². The molecule has 1 aromatic rings. The van der Waals surface area contributed by atoms with Gasteiger partial charge in [0.1, 0.15) is 0 Å². The normalized spacial score (nSPS) is 31.4. The minimum atomic E-state index is 0.00164. The highest BCUT2D eigenvalue weighted by Gasteiger charge is 2.38. The average Bonchev–Trinajstić information content (AvgIpc) is 3.32. The third kappa shape index (κ3) is 4.08. The van der Waals surface area contributed by atoms with Crippen LogP contribution >= 0.6 is 11.3 Å². The first-order chi connectivity index (χ1) is 12.3. The predicted molar refractivity (Wildman–Crippen MR) is 99.7 cm³/mol. The van der Waals surface area contributed by atoms with Crippen LogP contribution in [0.2, 0.25) is 0 Å². The number of nitrogens with zero attached hydrogens (tertiary/aromatic N) is 1. The first-order valence-corrected chi connectivity index (χ1v) is 10.6. The molecule has 5 nitrogen and oxygen atoms in total. The first kappa shape index (κ1) is 17.5. The van der Waals surface area contributed by atoms with Crippen molar-refractivity contribution in [1.29, 1.82) is 0 Å². The number of fused-ring (bicyclic) bond motifs is 1. The average molecular weight is 364 g/mol. The van der Waals surface area contributed by atoms with Gasteiger partial charge in [-0.15, -0.1) is 11.3 Å². The maximum Gasteiger partial charge on any atom is 0.237 e. The molecule has 0 bridgehead atoms. The van der Waals surface area contributed by atoms with Crippen molar-refractivity contribution in [2.45, 2.75) is 50.2 Å². The molecule has 138 valence electrons. The summed E-state index contributed by atoms with van der Waals surface area (Å²) in [4.78, 5) is 16.5. The topological polar surface area (TPSA) is 53.6 Å². The van der Waals surface area contributed by atoms with E-state index < -0.39 is 0 Å². The van der Waals surface area contributed by atoms with Gasteiger partial charge >= 0.3 is 0 Å². The number of hydrogen-bond donors (Lipinski definition) is 2. The maximum absolute atomic E-state index is 12.7. The lowest BCUT2D eigenvalue weighted by atomic mass is 9.85. The van der Waals surface area contributed by atoms with Crippen LogP contribution in [0.1, 0.15) is 43.0 Å². The zero-order valence-corrected chi connectivity index (χ0v) is 15.6. The van der Waals surface area contributed by atoms with Crippen LogP contribution in [0.25, 0.3) is 0 Å². The molecular formula is C19H29N3O2S. The zero-order chi connectivity index (χ0) is 17.1. The molecule has 4 unspecified atom stereocenters. The molecule has 0 radical (unpaired) electrons. The fourth-order valence-corrected chi connectivity index (χ4v) is 5.48. The highest BCUT2D eigenvalue weighted by Crippen LogP contribution is 2.33. The van der Waals surface area contributed by atoms with Gasteiger partial charge in [-0.05, 0) is 36.6 Å². The van der Waals surface area contributed by atoms with Crippen LogP contribution < -0.4 is 10.6 Å². The van der Waals surface area contributed by atoms with Crippen LogP contribution in [0.5, 0.6) is 0 Å². The molecule has 1 aliphatic carbocycles. The molecule has 0 spiro atoms. The summed E-state index contributed by atoms with van der Waals surface area (Å²) in [6.45, 7) is 4.12. The molecule has 2 saturated heterocycles. The number of thiophene rings is 1. The molecule has 6 heteroatoms. The Bertz CT molecular complexity index is 545. The molecule has 4 atom stereocenters. The lowest BCUT2D eigenvalue weighted by Crippen LogP contribution is -2.47. The smallest absolute Gasteiger partial charge is 0.237 e. The van der Waals surface area contributed by atoms with Gasteiger partial charge in [0, 0.05) is 30.6 Å². The van der Waals surface area contributed by atoms with Crippen LogP contribution in [0.15, 0.2) is 17.5 Å². The lowest BCUT2D eigenvalue weighted by molar-refractivity contribution is -0.123. The zero-order valence-electron chi connectivity index (χ0n) is 14.8. The van der Waals surface area contributed by atoms with Gasteiger partial charge in [-0.25, -0.2) is 0 Å². The molecule has 2 N–H and O–H groups in total. The monoisotopic (exact) mass is 363 g/mol. The SMILES string of the molecule is O=C(NCC(c1cccs1)N1CCOCC1)C1CC2CCCCC2N1. The van der Waals surface area contributed by atoms with Crippen molar-refractivity contribution in [2.75, 3.05) is 32.8 Å². The number of amides is 1. The van der Waals surface area contributed by atoms with Crippen LogP contribution in [-0.4, -0.2) is 55.7 Å². The van der Waals surface area contributed by atoms with E-state index in [1.54, 1.807) is 11.3 Å². The summed E-state index contributed by atoms with van der Waals surface area (Å²) in [5, 5.41) is 8.95. The van der Waals surface area contributed by atoms with Gasteiger partial charge in [0.05, 0.1) is 25.3 Å². The molecule has 25 heavy (non-hydrogen) atoms. The second-order valence-corrected chi connectivity index (χ2v) is 8.51. The fraction of sp³-hybridized carbons (Fsp3) is 0.737. The van der Waals surface area contributed by atoms with Crippen molar-refractivity contribution in [2.24, 2.45) is 5.92 Å². The number of rotatable bonds is 5. The lowest BCUT2D eigenvalue weighted by Gasteiger charge is -2.34. The number of morpholine rings is 1. The van der Waals surface area contributed by atoms with Gasteiger partial charge in [-0.1, -0.05) is 18.9 Å². The van der Waals surface area contributed by atoms with Crippen LogP contribution in [-0.2, 0) is 9.53 Å². The van der Waals surface area contributed by atoms with Crippen molar-refractivity contribution in [3.63, 3.8) is 0 Å². The van der Waals surface area contributed by atoms with E-state index in [-0.39, 0.29) is 18.0 Å². The summed E-state index contributed by atoms with van der Waals surface area (Å²) in [7, 11) is 0. The summed E-state index contributed by atoms with van der Waals surface area (Å²) >= 11 is 1.78. The Morgan fingerprint density at radius 3 is 2.96 bits per heavy atom. The van der Waals surface area contributed by atoms with Gasteiger partial charge < -0.3 is 15.4 Å². The third-order valence-electron chi connectivity index (χ3n) is 6.01. The fourth-order valence-electron chi connectivity index (χ4n) is 4.62. The van der Waals surface area contributed by atoms with Crippen molar-refractivity contribution < 1.29 is 9.53 Å². The summed E-state index contributed by atoms with van der Waals surface area (Å²) in [5.74, 6) is 0.890. The number of carbonyl (C=O) groups excluding carboxylic acids is 1. The van der Waals surface area contributed by atoms with Crippen molar-refractivity contribution in [1.82, 2.24) is 15.5 Å². The largest absolute Gasteiger partial charge is 0.379 e. The first-order valence-electron chi connectivity index (χ1n) is 9.70. The Kier molecular flexibility index (Phi) is 5.70. The summed E-state index contributed by atoms with van der Waals surface area (Å²) in [6.07, 6.45) is 6.17. The molecule has 1 saturated carbocycles. The van der Waals surface area contributed by atoms with Crippen LogP contribution in [0, 0.1) is 5.92 Å². The number of carbonyl (C=O) groups is 1. The molecular weight excluding hydrogens is 334 g/mol. The molecule has 0 aromatic carbocycles. The Morgan fingerprint density at radius 2 is 2.20 bits per heavy atom. The highest BCUT2D eigenvalue weighted by atomic mass is 32.1. The van der Waals surface area contributed by atoms with E-state index in [9.17, 15) is 4.79 Å². The van der Waals surface area contributed by atoms with Gasteiger partial charge in [-0.2, -0.15) is 0 Å². The van der Waals surface area contributed by atoms with E-state index in [0.717, 1.165) is 32.7 Å². The van der Waals surface area contributed by atoms with E-state index >= 15 is 0 Å². The second-order valence-electron chi connectivity index (χ2n) is 7.53. The van der Waals surface area contributed by atoms with E-state index in [2.05, 4.69) is 33.0 Å². The highest BCUT2D eigenvalue weighted by molar-refractivity contribution is 7.10. The van der Waals surface area contributed by atoms with Crippen molar-refractivity contribution in [3.8, 4) is 0 Å². The minimum absolute atomic E-state index is 0.00164. The molecule has 1 amide bonds. The van der Waals surface area contributed by atoms with Gasteiger partial charge in [0.15, 0.2) is 0 Å². The van der Waals surface area contributed by atoms with Crippen molar-refractivity contribution >= 4 is 17.2 Å². The molecule has 3 fully saturated rings. The third-order valence-corrected chi connectivity index (χ3v) is 6.98. The van der Waals surface area contributed by atoms with E-state index in [1.165, 1.54) is 30.6 Å². The minimum Gasteiger partial charge on any atom is -0.379 e. The molecule has 4 rings (SSSR count). The molecule has 3 aliphatic rings. The second kappa shape index (κ2) is 8.16.